The van der Waals surface area contributed by atoms with E-state index in [2.05, 4.69) is 28.7 Å². The van der Waals surface area contributed by atoms with Crippen LogP contribution in [0.2, 0.25) is 5.15 Å². The van der Waals surface area contributed by atoms with Crippen LogP contribution in [0.15, 0.2) is 6.33 Å². The first-order valence-corrected chi connectivity index (χ1v) is 7.26. The zero-order valence-electron chi connectivity index (χ0n) is 12.4. The summed E-state index contributed by atoms with van der Waals surface area (Å²) in [4.78, 5) is 10.6. The summed E-state index contributed by atoms with van der Waals surface area (Å²) in [6.45, 7) is 9.48. The molecule has 20 heavy (non-hydrogen) atoms. The number of morpholine rings is 1. The van der Waals surface area contributed by atoms with Crippen molar-refractivity contribution in [1.82, 2.24) is 9.97 Å². The summed E-state index contributed by atoms with van der Waals surface area (Å²) in [6, 6.07) is 0. The summed E-state index contributed by atoms with van der Waals surface area (Å²) < 4.78 is 5.84. The van der Waals surface area contributed by atoms with Crippen LogP contribution in [-0.4, -0.2) is 46.5 Å². The van der Waals surface area contributed by atoms with E-state index in [-0.39, 0.29) is 24.2 Å². The van der Waals surface area contributed by atoms with E-state index in [0.29, 0.717) is 18.2 Å². The molecule has 1 aromatic rings. The van der Waals surface area contributed by atoms with Gasteiger partial charge in [-0.05, 0) is 19.8 Å². The van der Waals surface area contributed by atoms with Crippen LogP contribution in [0.5, 0.6) is 0 Å². The maximum absolute atomic E-state index is 9.41. The van der Waals surface area contributed by atoms with E-state index >= 15 is 0 Å². The number of ether oxygens (including phenoxy) is 1. The third-order valence-corrected chi connectivity index (χ3v) is 3.68. The number of aliphatic hydroxyl groups excluding tert-OH is 1. The smallest absolute Gasteiger partial charge is 0.138 e. The standard InChI is InChI=1S/C14H22ClN3O2/c1-9(2)11-12(15)16-8-17-13(11)18-5-10(6-19)20-14(3,4)7-18/h8-10,19H,5-7H2,1-4H3. The third kappa shape index (κ3) is 3.22. The van der Waals surface area contributed by atoms with Crippen molar-refractivity contribution in [1.29, 1.82) is 0 Å². The Labute approximate surface area is 124 Å². The van der Waals surface area contributed by atoms with Gasteiger partial charge in [-0.1, -0.05) is 25.4 Å². The van der Waals surface area contributed by atoms with Crippen LogP contribution in [-0.2, 0) is 4.74 Å². The number of hydrogen-bond acceptors (Lipinski definition) is 5. The van der Waals surface area contributed by atoms with Crippen LogP contribution < -0.4 is 4.90 Å². The van der Waals surface area contributed by atoms with Gasteiger partial charge in [0.2, 0.25) is 0 Å². The molecule has 0 bridgehead atoms. The highest BCUT2D eigenvalue weighted by Gasteiger charge is 2.35. The second-order valence-electron chi connectivity index (χ2n) is 6.12. The molecular weight excluding hydrogens is 278 g/mol. The number of rotatable bonds is 3. The summed E-state index contributed by atoms with van der Waals surface area (Å²) in [6.07, 6.45) is 1.27. The van der Waals surface area contributed by atoms with Crippen molar-refractivity contribution in [2.45, 2.75) is 45.3 Å². The van der Waals surface area contributed by atoms with Crippen LogP contribution in [0.1, 0.15) is 39.2 Å². The fourth-order valence-electron chi connectivity index (χ4n) is 2.67. The lowest BCUT2D eigenvalue weighted by Crippen LogP contribution is -2.54. The van der Waals surface area contributed by atoms with Crippen molar-refractivity contribution < 1.29 is 9.84 Å². The molecule has 1 aromatic heterocycles. The molecule has 6 heteroatoms. The molecule has 2 heterocycles. The average molecular weight is 300 g/mol. The van der Waals surface area contributed by atoms with E-state index in [1.807, 2.05) is 13.8 Å². The van der Waals surface area contributed by atoms with E-state index in [4.69, 9.17) is 16.3 Å². The molecule has 0 aliphatic carbocycles. The first-order valence-electron chi connectivity index (χ1n) is 6.88. The summed E-state index contributed by atoms with van der Waals surface area (Å²) in [5, 5.41) is 9.91. The van der Waals surface area contributed by atoms with E-state index in [1.54, 1.807) is 0 Å². The van der Waals surface area contributed by atoms with Gasteiger partial charge in [-0.2, -0.15) is 0 Å². The molecule has 1 aliphatic rings. The highest BCUT2D eigenvalue weighted by molar-refractivity contribution is 6.30. The van der Waals surface area contributed by atoms with Crippen LogP contribution in [0, 0.1) is 0 Å². The van der Waals surface area contributed by atoms with Gasteiger partial charge < -0.3 is 14.7 Å². The van der Waals surface area contributed by atoms with E-state index < -0.39 is 0 Å². The number of aromatic nitrogens is 2. The van der Waals surface area contributed by atoms with Gasteiger partial charge in [0.05, 0.1) is 18.3 Å². The lowest BCUT2D eigenvalue weighted by Gasteiger charge is -2.43. The Morgan fingerprint density at radius 2 is 2.20 bits per heavy atom. The predicted octanol–water partition coefficient (Wildman–Crippen LogP) is 2.23. The molecule has 2 rings (SSSR count). The molecule has 0 spiro atoms. The summed E-state index contributed by atoms with van der Waals surface area (Å²) in [5.74, 6) is 1.08. The van der Waals surface area contributed by atoms with Crippen molar-refractivity contribution in [3.63, 3.8) is 0 Å². The van der Waals surface area contributed by atoms with Gasteiger partial charge in [-0.3, -0.25) is 0 Å². The Morgan fingerprint density at radius 3 is 2.80 bits per heavy atom. The molecule has 1 aliphatic heterocycles. The van der Waals surface area contributed by atoms with E-state index in [0.717, 1.165) is 11.4 Å². The van der Waals surface area contributed by atoms with Gasteiger partial charge in [0, 0.05) is 18.7 Å². The van der Waals surface area contributed by atoms with Crippen molar-refractivity contribution in [2.24, 2.45) is 0 Å². The van der Waals surface area contributed by atoms with Crippen molar-refractivity contribution in [2.75, 3.05) is 24.6 Å². The van der Waals surface area contributed by atoms with Crippen LogP contribution >= 0.6 is 11.6 Å². The first-order chi connectivity index (χ1) is 9.34. The summed E-state index contributed by atoms with van der Waals surface area (Å²) in [7, 11) is 0. The second kappa shape index (κ2) is 5.84. The average Bonchev–Trinajstić information content (AvgIpc) is 2.36. The molecule has 0 saturated carbocycles. The number of anilines is 1. The molecule has 1 saturated heterocycles. The monoisotopic (exact) mass is 299 g/mol. The lowest BCUT2D eigenvalue weighted by atomic mass is 10.0. The largest absolute Gasteiger partial charge is 0.394 e. The minimum absolute atomic E-state index is 0.00421. The molecule has 112 valence electrons. The number of hydrogen-bond donors (Lipinski definition) is 1. The van der Waals surface area contributed by atoms with Gasteiger partial charge in [-0.15, -0.1) is 0 Å². The van der Waals surface area contributed by atoms with E-state index in [9.17, 15) is 5.11 Å². The molecule has 0 radical (unpaired) electrons. The number of aliphatic hydroxyl groups is 1. The Hall–Kier alpha value is -0.910. The van der Waals surface area contributed by atoms with Crippen LogP contribution in [0.4, 0.5) is 5.82 Å². The van der Waals surface area contributed by atoms with Crippen molar-refractivity contribution in [3.05, 3.63) is 17.0 Å². The van der Waals surface area contributed by atoms with Gasteiger partial charge in [0.25, 0.3) is 0 Å². The predicted molar refractivity (Wildman–Crippen MR) is 79.4 cm³/mol. The Bertz CT molecular complexity index is 479. The molecule has 1 N–H and O–H groups in total. The summed E-state index contributed by atoms with van der Waals surface area (Å²) >= 11 is 6.23. The lowest BCUT2D eigenvalue weighted by molar-refractivity contribution is -0.101. The highest BCUT2D eigenvalue weighted by atomic mass is 35.5. The molecule has 1 atom stereocenters. The Morgan fingerprint density at radius 1 is 1.50 bits per heavy atom. The Kier molecular flexibility index (Phi) is 4.52. The van der Waals surface area contributed by atoms with Crippen LogP contribution in [0.25, 0.3) is 0 Å². The molecule has 0 aromatic carbocycles. The van der Waals surface area contributed by atoms with Crippen LogP contribution in [0.3, 0.4) is 0 Å². The SMILES string of the molecule is CC(C)c1c(Cl)ncnc1N1CC(CO)OC(C)(C)C1. The number of nitrogens with zero attached hydrogens (tertiary/aromatic N) is 3. The van der Waals surface area contributed by atoms with Gasteiger partial charge in [0.15, 0.2) is 0 Å². The Balaban J connectivity index is 2.38. The fraction of sp³-hybridized carbons (Fsp3) is 0.714. The maximum atomic E-state index is 9.41. The third-order valence-electron chi connectivity index (χ3n) is 3.38. The van der Waals surface area contributed by atoms with E-state index in [1.165, 1.54) is 6.33 Å². The normalized spacial score (nSPS) is 22.4. The number of halogens is 1. The van der Waals surface area contributed by atoms with Gasteiger partial charge in [0.1, 0.15) is 17.3 Å². The second-order valence-corrected chi connectivity index (χ2v) is 6.48. The maximum Gasteiger partial charge on any atom is 0.138 e. The summed E-state index contributed by atoms with van der Waals surface area (Å²) in [5.41, 5.74) is 0.612. The van der Waals surface area contributed by atoms with Crippen molar-refractivity contribution in [3.8, 4) is 0 Å². The molecule has 0 amide bonds. The highest BCUT2D eigenvalue weighted by Crippen LogP contribution is 2.33. The zero-order valence-corrected chi connectivity index (χ0v) is 13.2. The molecule has 5 nitrogen and oxygen atoms in total. The minimum Gasteiger partial charge on any atom is -0.394 e. The zero-order chi connectivity index (χ0) is 14.9. The topological polar surface area (TPSA) is 58.5 Å². The van der Waals surface area contributed by atoms with Gasteiger partial charge in [-0.25, -0.2) is 9.97 Å². The molecule has 1 unspecified atom stereocenters. The first kappa shape index (κ1) is 15.5. The molecular formula is C14H22ClN3O2. The quantitative estimate of drug-likeness (QED) is 0.867. The van der Waals surface area contributed by atoms with Gasteiger partial charge >= 0.3 is 0 Å². The minimum atomic E-state index is -0.336. The molecule has 1 fully saturated rings. The van der Waals surface area contributed by atoms with Crippen molar-refractivity contribution >= 4 is 17.4 Å². The fourth-order valence-corrected chi connectivity index (χ4v) is 3.01.